The zero-order valence-corrected chi connectivity index (χ0v) is 10.7. The smallest absolute Gasteiger partial charge is 0.244 e. The number of nitrogens with zero attached hydrogens (tertiary/aromatic N) is 2. The summed E-state index contributed by atoms with van der Waals surface area (Å²) in [6, 6.07) is 3.32. The van der Waals surface area contributed by atoms with Gasteiger partial charge in [0, 0.05) is 31.0 Å². The maximum absolute atomic E-state index is 12.2. The van der Waals surface area contributed by atoms with E-state index in [-0.39, 0.29) is 11.9 Å². The highest BCUT2D eigenvalue weighted by Gasteiger charge is 2.21. The van der Waals surface area contributed by atoms with Crippen LogP contribution in [0.4, 0.5) is 11.5 Å². The summed E-state index contributed by atoms with van der Waals surface area (Å²) >= 11 is 0. The number of pyridine rings is 1. The Hall–Kier alpha value is -1.78. The molecule has 1 unspecified atom stereocenters. The number of nitrogen functional groups attached to an aromatic ring is 1. The molecule has 1 saturated heterocycles. The Morgan fingerprint density at radius 2 is 2.17 bits per heavy atom. The van der Waals surface area contributed by atoms with Gasteiger partial charge in [-0.25, -0.2) is 4.98 Å². The second kappa shape index (κ2) is 5.71. The first kappa shape index (κ1) is 12.7. The molecule has 0 aromatic carbocycles. The van der Waals surface area contributed by atoms with E-state index in [2.05, 4.69) is 10.3 Å². The molecule has 5 heteroatoms. The van der Waals surface area contributed by atoms with E-state index in [9.17, 15) is 4.79 Å². The normalized spacial score (nSPS) is 17.3. The summed E-state index contributed by atoms with van der Waals surface area (Å²) in [6.07, 6.45) is 5.09. The summed E-state index contributed by atoms with van der Waals surface area (Å²) in [5, 5.41) is 3.17. The average molecular weight is 248 g/mol. The number of nitrogens with one attached hydrogen (secondary N) is 1. The van der Waals surface area contributed by atoms with Crippen molar-refractivity contribution in [1.82, 2.24) is 9.88 Å². The number of hydrogen-bond acceptors (Lipinski definition) is 4. The van der Waals surface area contributed by atoms with Gasteiger partial charge in [0.25, 0.3) is 0 Å². The largest absolute Gasteiger partial charge is 0.384 e. The van der Waals surface area contributed by atoms with Crippen molar-refractivity contribution in [2.75, 3.05) is 24.1 Å². The molecule has 0 saturated carbocycles. The van der Waals surface area contributed by atoms with Crippen LogP contribution in [0.1, 0.15) is 26.2 Å². The first-order chi connectivity index (χ1) is 8.66. The molecular formula is C13H20N4O. The Morgan fingerprint density at radius 1 is 1.44 bits per heavy atom. The minimum absolute atomic E-state index is 0.157. The van der Waals surface area contributed by atoms with Crippen molar-refractivity contribution in [3.05, 3.63) is 18.3 Å². The van der Waals surface area contributed by atoms with E-state index in [0.717, 1.165) is 31.6 Å². The van der Waals surface area contributed by atoms with Gasteiger partial charge in [-0.3, -0.25) is 4.79 Å². The van der Waals surface area contributed by atoms with E-state index in [4.69, 9.17) is 5.73 Å². The summed E-state index contributed by atoms with van der Waals surface area (Å²) in [5.74, 6) is 0.614. The number of nitrogens with two attached hydrogens (primary N) is 1. The van der Waals surface area contributed by atoms with E-state index in [1.807, 2.05) is 17.9 Å². The summed E-state index contributed by atoms with van der Waals surface area (Å²) in [5.41, 5.74) is 6.44. The molecule has 18 heavy (non-hydrogen) atoms. The van der Waals surface area contributed by atoms with Gasteiger partial charge in [0.1, 0.15) is 11.9 Å². The molecule has 1 aromatic heterocycles. The van der Waals surface area contributed by atoms with Gasteiger partial charge in [-0.05, 0) is 32.3 Å². The molecule has 1 atom stereocenters. The predicted molar refractivity (Wildman–Crippen MR) is 72.2 cm³/mol. The topological polar surface area (TPSA) is 71.2 Å². The van der Waals surface area contributed by atoms with Crippen LogP contribution < -0.4 is 11.1 Å². The molecule has 0 spiro atoms. The number of carbonyl (C=O) groups is 1. The van der Waals surface area contributed by atoms with Gasteiger partial charge in [0.2, 0.25) is 5.91 Å². The Labute approximate surface area is 107 Å². The van der Waals surface area contributed by atoms with E-state index in [1.165, 1.54) is 6.42 Å². The molecule has 0 bridgehead atoms. The van der Waals surface area contributed by atoms with E-state index >= 15 is 0 Å². The van der Waals surface area contributed by atoms with Crippen LogP contribution in [0.25, 0.3) is 0 Å². The van der Waals surface area contributed by atoms with Crippen LogP contribution in [0.5, 0.6) is 0 Å². The Morgan fingerprint density at radius 3 is 2.83 bits per heavy atom. The summed E-state index contributed by atoms with van der Waals surface area (Å²) in [7, 11) is 0. The highest BCUT2D eigenvalue weighted by Crippen LogP contribution is 2.14. The zero-order chi connectivity index (χ0) is 13.0. The zero-order valence-electron chi connectivity index (χ0n) is 10.7. The van der Waals surface area contributed by atoms with Crippen molar-refractivity contribution in [3.8, 4) is 0 Å². The fourth-order valence-corrected chi connectivity index (χ4v) is 2.24. The molecule has 0 radical (unpaired) electrons. The molecule has 1 fully saturated rings. The van der Waals surface area contributed by atoms with Crippen molar-refractivity contribution < 1.29 is 4.79 Å². The number of hydrogen-bond donors (Lipinski definition) is 2. The van der Waals surface area contributed by atoms with E-state index < -0.39 is 0 Å². The quantitative estimate of drug-likeness (QED) is 0.850. The van der Waals surface area contributed by atoms with Gasteiger partial charge in [-0.15, -0.1) is 0 Å². The van der Waals surface area contributed by atoms with Crippen LogP contribution >= 0.6 is 0 Å². The van der Waals surface area contributed by atoms with Crippen LogP contribution in [-0.4, -0.2) is 34.9 Å². The Balaban J connectivity index is 1.94. The van der Waals surface area contributed by atoms with Gasteiger partial charge in [0.15, 0.2) is 0 Å². The molecule has 3 N–H and O–H groups in total. The Kier molecular flexibility index (Phi) is 4.02. The van der Waals surface area contributed by atoms with Gasteiger partial charge >= 0.3 is 0 Å². The number of piperidine rings is 1. The fourth-order valence-electron chi connectivity index (χ4n) is 2.24. The van der Waals surface area contributed by atoms with Crippen molar-refractivity contribution in [3.63, 3.8) is 0 Å². The number of likely N-dealkylation sites (tertiary alicyclic amines) is 1. The molecular weight excluding hydrogens is 228 g/mol. The van der Waals surface area contributed by atoms with Gasteiger partial charge < -0.3 is 16.0 Å². The molecule has 1 aliphatic rings. The minimum atomic E-state index is -0.232. The van der Waals surface area contributed by atoms with Crippen molar-refractivity contribution in [2.24, 2.45) is 0 Å². The minimum Gasteiger partial charge on any atom is -0.384 e. The number of amides is 1. The lowest BCUT2D eigenvalue weighted by molar-refractivity contribution is -0.132. The maximum atomic E-state index is 12.2. The van der Waals surface area contributed by atoms with Crippen LogP contribution in [0.2, 0.25) is 0 Å². The lowest BCUT2D eigenvalue weighted by Gasteiger charge is -2.29. The number of carbonyl (C=O) groups excluding carboxylic acids is 1. The lowest BCUT2D eigenvalue weighted by Crippen LogP contribution is -2.43. The maximum Gasteiger partial charge on any atom is 0.244 e. The van der Waals surface area contributed by atoms with Gasteiger partial charge in [-0.1, -0.05) is 0 Å². The van der Waals surface area contributed by atoms with E-state index in [0.29, 0.717) is 5.82 Å². The average Bonchev–Trinajstić information content (AvgIpc) is 2.39. The number of rotatable bonds is 3. The SMILES string of the molecule is CC(Nc1ccnc(N)c1)C(=O)N1CCCCC1. The molecule has 2 heterocycles. The predicted octanol–water partition coefficient (Wildman–Crippen LogP) is 1.48. The third kappa shape index (κ3) is 3.12. The molecule has 98 valence electrons. The van der Waals surface area contributed by atoms with Gasteiger partial charge in [-0.2, -0.15) is 0 Å². The number of anilines is 2. The molecule has 5 nitrogen and oxygen atoms in total. The molecule has 2 rings (SSSR count). The van der Waals surface area contributed by atoms with Crippen LogP contribution in [0, 0.1) is 0 Å². The molecule has 0 aliphatic carbocycles. The number of aromatic nitrogens is 1. The summed E-state index contributed by atoms with van der Waals surface area (Å²) < 4.78 is 0. The summed E-state index contributed by atoms with van der Waals surface area (Å²) in [4.78, 5) is 18.1. The third-order valence-corrected chi connectivity index (χ3v) is 3.20. The van der Waals surface area contributed by atoms with Crippen molar-refractivity contribution in [2.45, 2.75) is 32.2 Å². The van der Waals surface area contributed by atoms with Crippen molar-refractivity contribution >= 4 is 17.4 Å². The third-order valence-electron chi connectivity index (χ3n) is 3.20. The second-order valence-electron chi connectivity index (χ2n) is 4.72. The lowest BCUT2D eigenvalue weighted by atomic mass is 10.1. The summed E-state index contributed by atoms with van der Waals surface area (Å²) in [6.45, 7) is 3.64. The molecule has 1 aromatic rings. The van der Waals surface area contributed by atoms with Crippen LogP contribution in [0.3, 0.4) is 0 Å². The highest BCUT2D eigenvalue weighted by atomic mass is 16.2. The van der Waals surface area contributed by atoms with Crippen molar-refractivity contribution in [1.29, 1.82) is 0 Å². The van der Waals surface area contributed by atoms with Crippen LogP contribution in [-0.2, 0) is 4.79 Å². The molecule has 1 aliphatic heterocycles. The van der Waals surface area contributed by atoms with Gasteiger partial charge in [0.05, 0.1) is 0 Å². The monoisotopic (exact) mass is 248 g/mol. The molecule has 1 amide bonds. The standard InChI is InChI=1S/C13H20N4O/c1-10(13(18)17-7-3-2-4-8-17)16-11-5-6-15-12(14)9-11/h5-6,9-10H,2-4,7-8H2,1H3,(H3,14,15,16). The first-order valence-electron chi connectivity index (χ1n) is 6.43. The fraction of sp³-hybridized carbons (Fsp3) is 0.538. The first-order valence-corrected chi connectivity index (χ1v) is 6.43. The Bertz CT molecular complexity index is 415. The second-order valence-corrected chi connectivity index (χ2v) is 4.72. The van der Waals surface area contributed by atoms with E-state index in [1.54, 1.807) is 12.3 Å². The van der Waals surface area contributed by atoms with Crippen LogP contribution in [0.15, 0.2) is 18.3 Å². The highest BCUT2D eigenvalue weighted by molar-refractivity contribution is 5.84.